The van der Waals surface area contributed by atoms with E-state index in [0.29, 0.717) is 12.1 Å². The quantitative estimate of drug-likeness (QED) is 0.884. The molecule has 1 atom stereocenters. The first-order valence-electron chi connectivity index (χ1n) is 6.95. The normalized spacial score (nSPS) is 25.5. The van der Waals surface area contributed by atoms with Crippen molar-refractivity contribution in [3.05, 3.63) is 29.6 Å². The van der Waals surface area contributed by atoms with Crippen molar-refractivity contribution in [2.24, 2.45) is 5.73 Å². The Hall–Kier alpha value is -1.13. The van der Waals surface area contributed by atoms with Gasteiger partial charge in [-0.05, 0) is 45.7 Å². The highest BCUT2D eigenvalue weighted by Crippen LogP contribution is 2.32. The Morgan fingerprint density at radius 3 is 2.53 bits per heavy atom. The van der Waals surface area contributed by atoms with E-state index in [1.165, 1.54) is 12.1 Å². The Morgan fingerprint density at radius 2 is 1.95 bits per heavy atom. The van der Waals surface area contributed by atoms with E-state index in [2.05, 4.69) is 11.9 Å². The maximum atomic E-state index is 13.0. The summed E-state index contributed by atoms with van der Waals surface area (Å²) in [6, 6.07) is 5.13. The number of aromatic hydroxyl groups is 1. The van der Waals surface area contributed by atoms with Crippen molar-refractivity contribution >= 4 is 0 Å². The van der Waals surface area contributed by atoms with Crippen molar-refractivity contribution in [1.82, 2.24) is 4.90 Å². The third kappa shape index (κ3) is 3.25. The van der Waals surface area contributed by atoms with Crippen molar-refractivity contribution in [2.45, 2.75) is 50.7 Å². The highest BCUT2D eigenvalue weighted by atomic mass is 19.1. The molecular formula is C15H23FN2O. The molecule has 19 heavy (non-hydrogen) atoms. The average molecular weight is 266 g/mol. The molecule has 1 fully saturated rings. The van der Waals surface area contributed by atoms with Crippen LogP contribution in [-0.2, 0) is 0 Å². The van der Waals surface area contributed by atoms with Crippen molar-refractivity contribution in [2.75, 3.05) is 7.05 Å². The minimum absolute atomic E-state index is 0.0341. The van der Waals surface area contributed by atoms with Gasteiger partial charge >= 0.3 is 0 Å². The van der Waals surface area contributed by atoms with Crippen molar-refractivity contribution in [3.8, 4) is 5.75 Å². The molecule has 0 bridgehead atoms. The molecule has 1 aliphatic carbocycles. The summed E-state index contributed by atoms with van der Waals surface area (Å²) in [5.74, 6) is -0.369. The summed E-state index contributed by atoms with van der Waals surface area (Å²) >= 11 is 0. The lowest BCUT2D eigenvalue weighted by Crippen LogP contribution is -2.39. The number of nitrogens with zero attached hydrogens (tertiary/aromatic N) is 1. The fourth-order valence-corrected chi connectivity index (χ4v) is 2.91. The molecule has 0 spiro atoms. The summed E-state index contributed by atoms with van der Waals surface area (Å²) in [5.41, 5.74) is 6.70. The molecule has 2 rings (SSSR count). The lowest BCUT2D eigenvalue weighted by Gasteiger charge is -2.37. The van der Waals surface area contributed by atoms with Gasteiger partial charge in [-0.25, -0.2) is 4.39 Å². The molecule has 1 unspecified atom stereocenters. The van der Waals surface area contributed by atoms with Gasteiger partial charge in [0.05, 0.1) is 0 Å². The predicted octanol–water partition coefficient (Wildman–Crippen LogP) is 2.79. The van der Waals surface area contributed by atoms with E-state index in [1.807, 2.05) is 6.92 Å². The standard InChI is InChI=1S/C15H23FN2O/c1-10(14-8-3-11(16)9-15(14)19)18(2)13-6-4-12(17)5-7-13/h3,8-10,12-13,19H,4-7,17H2,1-2H3. The number of halogens is 1. The first kappa shape index (κ1) is 14.3. The van der Waals surface area contributed by atoms with Gasteiger partial charge in [-0.2, -0.15) is 0 Å². The topological polar surface area (TPSA) is 49.5 Å². The van der Waals surface area contributed by atoms with E-state index in [-0.39, 0.29) is 11.8 Å². The van der Waals surface area contributed by atoms with Crippen LogP contribution in [0.4, 0.5) is 4.39 Å². The Bertz CT molecular complexity index is 430. The molecule has 0 amide bonds. The van der Waals surface area contributed by atoms with Gasteiger partial charge in [0, 0.05) is 29.8 Å². The summed E-state index contributed by atoms with van der Waals surface area (Å²) < 4.78 is 13.0. The van der Waals surface area contributed by atoms with Gasteiger partial charge < -0.3 is 10.8 Å². The molecule has 1 saturated carbocycles. The summed E-state index contributed by atoms with van der Waals surface area (Å²) in [7, 11) is 2.06. The van der Waals surface area contributed by atoms with E-state index in [1.54, 1.807) is 6.07 Å². The van der Waals surface area contributed by atoms with Crippen LogP contribution in [0.3, 0.4) is 0 Å². The Balaban J connectivity index is 2.08. The molecule has 0 radical (unpaired) electrons. The fraction of sp³-hybridized carbons (Fsp3) is 0.600. The van der Waals surface area contributed by atoms with E-state index in [0.717, 1.165) is 31.2 Å². The number of hydrogen-bond acceptors (Lipinski definition) is 3. The lowest BCUT2D eigenvalue weighted by molar-refractivity contribution is 0.139. The molecule has 1 aromatic carbocycles. The second-order valence-electron chi connectivity index (χ2n) is 5.61. The van der Waals surface area contributed by atoms with Crippen LogP contribution in [0.1, 0.15) is 44.2 Å². The largest absolute Gasteiger partial charge is 0.508 e. The van der Waals surface area contributed by atoms with Crippen LogP contribution < -0.4 is 5.73 Å². The Morgan fingerprint density at radius 1 is 1.32 bits per heavy atom. The molecule has 0 aliphatic heterocycles. The monoisotopic (exact) mass is 266 g/mol. The predicted molar refractivity (Wildman–Crippen MR) is 74.5 cm³/mol. The van der Waals surface area contributed by atoms with Crippen LogP contribution in [0.25, 0.3) is 0 Å². The smallest absolute Gasteiger partial charge is 0.126 e. The van der Waals surface area contributed by atoms with Gasteiger partial charge in [0.1, 0.15) is 11.6 Å². The fourth-order valence-electron chi connectivity index (χ4n) is 2.91. The molecule has 1 aromatic rings. The SMILES string of the molecule is CC(c1ccc(F)cc1O)N(C)C1CCC(N)CC1. The number of phenols is 1. The van der Waals surface area contributed by atoms with Crippen LogP contribution in [0.2, 0.25) is 0 Å². The molecular weight excluding hydrogens is 243 g/mol. The van der Waals surface area contributed by atoms with E-state index >= 15 is 0 Å². The lowest BCUT2D eigenvalue weighted by atomic mass is 9.89. The first-order valence-corrected chi connectivity index (χ1v) is 6.95. The summed E-state index contributed by atoms with van der Waals surface area (Å²) in [5, 5.41) is 9.86. The van der Waals surface area contributed by atoms with Crippen LogP contribution >= 0.6 is 0 Å². The van der Waals surface area contributed by atoms with Crippen LogP contribution in [0, 0.1) is 5.82 Å². The molecule has 0 aromatic heterocycles. The maximum absolute atomic E-state index is 13.0. The zero-order chi connectivity index (χ0) is 14.0. The second kappa shape index (κ2) is 5.88. The zero-order valence-electron chi connectivity index (χ0n) is 11.6. The van der Waals surface area contributed by atoms with Crippen molar-refractivity contribution < 1.29 is 9.50 Å². The van der Waals surface area contributed by atoms with Gasteiger partial charge in [0.15, 0.2) is 0 Å². The number of hydrogen-bond donors (Lipinski definition) is 2. The highest BCUT2D eigenvalue weighted by molar-refractivity contribution is 5.35. The summed E-state index contributed by atoms with van der Waals surface area (Å²) in [6.45, 7) is 2.04. The van der Waals surface area contributed by atoms with Gasteiger partial charge in [-0.1, -0.05) is 6.07 Å². The van der Waals surface area contributed by atoms with E-state index < -0.39 is 5.82 Å². The van der Waals surface area contributed by atoms with Gasteiger partial charge in [0.25, 0.3) is 0 Å². The van der Waals surface area contributed by atoms with Crippen molar-refractivity contribution in [1.29, 1.82) is 0 Å². The Kier molecular flexibility index (Phi) is 4.42. The van der Waals surface area contributed by atoms with Crippen LogP contribution in [0.15, 0.2) is 18.2 Å². The minimum atomic E-state index is -0.403. The molecule has 3 N–H and O–H groups in total. The molecule has 0 heterocycles. The van der Waals surface area contributed by atoms with E-state index in [4.69, 9.17) is 5.73 Å². The van der Waals surface area contributed by atoms with Gasteiger partial charge in [-0.3, -0.25) is 4.90 Å². The number of rotatable bonds is 3. The molecule has 1 aliphatic rings. The van der Waals surface area contributed by atoms with Crippen LogP contribution in [-0.4, -0.2) is 29.1 Å². The number of benzene rings is 1. The third-order valence-electron chi connectivity index (χ3n) is 4.37. The summed E-state index contributed by atoms with van der Waals surface area (Å²) in [6.07, 6.45) is 4.28. The molecule has 4 heteroatoms. The number of nitrogens with two attached hydrogens (primary N) is 1. The van der Waals surface area contributed by atoms with Crippen LogP contribution in [0.5, 0.6) is 5.75 Å². The highest BCUT2D eigenvalue weighted by Gasteiger charge is 2.26. The Labute approximate surface area is 114 Å². The van der Waals surface area contributed by atoms with E-state index in [9.17, 15) is 9.50 Å². The second-order valence-corrected chi connectivity index (χ2v) is 5.61. The van der Waals surface area contributed by atoms with Gasteiger partial charge in [0.2, 0.25) is 0 Å². The number of phenolic OH excluding ortho intramolecular Hbond substituents is 1. The summed E-state index contributed by atoms with van der Waals surface area (Å²) in [4.78, 5) is 2.26. The average Bonchev–Trinajstić information content (AvgIpc) is 2.38. The first-order chi connectivity index (χ1) is 8.99. The molecule has 0 saturated heterocycles. The molecule has 106 valence electrons. The maximum Gasteiger partial charge on any atom is 0.126 e. The molecule has 3 nitrogen and oxygen atoms in total. The third-order valence-corrected chi connectivity index (χ3v) is 4.37. The zero-order valence-corrected chi connectivity index (χ0v) is 11.6. The minimum Gasteiger partial charge on any atom is -0.508 e. The van der Waals surface area contributed by atoms with Crippen molar-refractivity contribution in [3.63, 3.8) is 0 Å². The van der Waals surface area contributed by atoms with Gasteiger partial charge in [-0.15, -0.1) is 0 Å².